The summed E-state index contributed by atoms with van der Waals surface area (Å²) in [5.41, 5.74) is 0. The third kappa shape index (κ3) is 4.98. The van der Waals surface area contributed by atoms with E-state index >= 15 is 0 Å². The third-order valence-corrected chi connectivity index (χ3v) is 2.63. The molecule has 0 fully saturated rings. The lowest BCUT2D eigenvalue weighted by molar-refractivity contribution is -0.671. The van der Waals surface area contributed by atoms with Crippen LogP contribution < -0.4 is 28.5 Å². The van der Waals surface area contributed by atoms with Crippen molar-refractivity contribution in [1.82, 2.24) is 4.57 Å². The first-order valence-electron chi connectivity index (χ1n) is 5.23. The molecule has 0 aliphatic heterocycles. The van der Waals surface area contributed by atoms with Gasteiger partial charge in [-0.2, -0.15) is 0 Å². The van der Waals surface area contributed by atoms with Crippen LogP contribution in [0, 0.1) is 5.92 Å². The quantitative estimate of drug-likeness (QED) is 0.495. The van der Waals surface area contributed by atoms with E-state index in [1.165, 1.54) is 19.3 Å². The second-order valence-corrected chi connectivity index (χ2v) is 3.97. The van der Waals surface area contributed by atoms with Crippen molar-refractivity contribution in [3.05, 3.63) is 18.7 Å². The summed E-state index contributed by atoms with van der Waals surface area (Å²) in [6.07, 6.45) is 10.3. The molecule has 0 aliphatic rings. The maximum absolute atomic E-state index is 2.33. The number of nitrogens with zero attached hydrogens (tertiary/aromatic N) is 2. The largest absolute Gasteiger partial charge is 1.00 e. The van der Waals surface area contributed by atoms with E-state index < -0.39 is 0 Å². The first-order chi connectivity index (χ1) is 6.22. The predicted octanol–water partition coefficient (Wildman–Crippen LogP) is -0.857. The standard InChI is InChI=1S/C11H21N2.HI/c1-4-11(2)6-5-7-13-9-8-12(3)10-13;/h8-11H,4-7H2,1-3H3;1H/q+1;/p-1. The number of hydrogen-bond acceptors (Lipinski definition) is 0. The monoisotopic (exact) mass is 308 g/mol. The van der Waals surface area contributed by atoms with E-state index in [9.17, 15) is 0 Å². The lowest BCUT2D eigenvalue weighted by Gasteiger charge is -2.05. The van der Waals surface area contributed by atoms with Gasteiger partial charge in [0.2, 0.25) is 6.33 Å². The topological polar surface area (TPSA) is 8.81 Å². The van der Waals surface area contributed by atoms with Crippen molar-refractivity contribution < 1.29 is 28.5 Å². The van der Waals surface area contributed by atoms with Gasteiger partial charge in [-0.25, -0.2) is 9.13 Å². The van der Waals surface area contributed by atoms with Gasteiger partial charge in [0.25, 0.3) is 0 Å². The summed E-state index contributed by atoms with van der Waals surface area (Å²) in [6, 6.07) is 0. The molecule has 82 valence electrons. The Hall–Kier alpha value is -0.0600. The van der Waals surface area contributed by atoms with Crippen molar-refractivity contribution >= 4 is 0 Å². The fourth-order valence-corrected chi connectivity index (χ4v) is 1.46. The molecule has 0 saturated carbocycles. The number of aryl methyl sites for hydroxylation is 2. The highest BCUT2D eigenvalue weighted by Crippen LogP contribution is 2.09. The van der Waals surface area contributed by atoms with Crippen LogP contribution >= 0.6 is 0 Å². The molecule has 1 unspecified atom stereocenters. The molecule has 0 N–H and O–H groups in total. The van der Waals surface area contributed by atoms with E-state index in [4.69, 9.17) is 0 Å². The van der Waals surface area contributed by atoms with Gasteiger partial charge in [0.1, 0.15) is 12.4 Å². The highest BCUT2D eigenvalue weighted by Gasteiger charge is 2.02. The summed E-state index contributed by atoms with van der Waals surface area (Å²) in [5, 5.41) is 0. The fourth-order valence-electron chi connectivity index (χ4n) is 1.46. The normalized spacial score (nSPS) is 12.2. The SMILES string of the molecule is CCC(C)CCCn1cc[n+](C)c1.[I-]. The number of rotatable bonds is 5. The van der Waals surface area contributed by atoms with E-state index in [1.54, 1.807) is 0 Å². The average Bonchev–Trinajstić information content (AvgIpc) is 2.51. The van der Waals surface area contributed by atoms with Crippen LogP contribution in [0.1, 0.15) is 33.1 Å². The molecule has 0 radical (unpaired) electrons. The first kappa shape index (κ1) is 13.9. The van der Waals surface area contributed by atoms with Gasteiger partial charge in [0.05, 0.1) is 13.6 Å². The van der Waals surface area contributed by atoms with Crippen LogP contribution in [0.3, 0.4) is 0 Å². The molecule has 0 spiro atoms. The summed E-state index contributed by atoms with van der Waals surface area (Å²) in [7, 11) is 2.06. The highest BCUT2D eigenvalue weighted by atomic mass is 127. The van der Waals surface area contributed by atoms with Gasteiger partial charge in [-0.1, -0.05) is 20.3 Å². The Balaban J connectivity index is 0.00000169. The Bertz CT molecular complexity index is 245. The molecule has 1 atom stereocenters. The number of imidazole rings is 1. The van der Waals surface area contributed by atoms with Crippen molar-refractivity contribution in [1.29, 1.82) is 0 Å². The molecule has 0 amide bonds. The molecule has 0 aliphatic carbocycles. The molecular formula is C11H21IN2. The van der Waals surface area contributed by atoms with Crippen molar-refractivity contribution in [3.63, 3.8) is 0 Å². The van der Waals surface area contributed by atoms with Gasteiger partial charge in [-0.05, 0) is 18.8 Å². The van der Waals surface area contributed by atoms with E-state index in [0.29, 0.717) is 0 Å². The predicted molar refractivity (Wildman–Crippen MR) is 54.3 cm³/mol. The van der Waals surface area contributed by atoms with Gasteiger partial charge in [-0.15, -0.1) is 0 Å². The Morgan fingerprint density at radius 2 is 2.14 bits per heavy atom. The molecule has 0 bridgehead atoms. The van der Waals surface area contributed by atoms with E-state index in [2.05, 4.69) is 48.8 Å². The van der Waals surface area contributed by atoms with Crippen molar-refractivity contribution in [3.8, 4) is 0 Å². The van der Waals surface area contributed by atoms with Gasteiger partial charge < -0.3 is 24.0 Å². The molecule has 1 heterocycles. The molecule has 1 rings (SSSR count). The lowest BCUT2D eigenvalue weighted by Crippen LogP contribution is -3.00. The summed E-state index contributed by atoms with van der Waals surface area (Å²) in [6.45, 7) is 5.75. The van der Waals surface area contributed by atoms with Crippen LogP contribution in [0.2, 0.25) is 0 Å². The van der Waals surface area contributed by atoms with Gasteiger partial charge in [-0.3, -0.25) is 0 Å². The smallest absolute Gasteiger partial charge is 0.243 e. The molecular weight excluding hydrogens is 287 g/mol. The van der Waals surface area contributed by atoms with Crippen molar-refractivity contribution in [2.24, 2.45) is 13.0 Å². The zero-order valence-electron chi connectivity index (χ0n) is 9.41. The van der Waals surface area contributed by atoms with Gasteiger partial charge in [0.15, 0.2) is 0 Å². The van der Waals surface area contributed by atoms with Crippen molar-refractivity contribution in [2.75, 3.05) is 0 Å². The van der Waals surface area contributed by atoms with Crippen LogP contribution in [0.15, 0.2) is 18.7 Å². The molecule has 1 aromatic rings. The third-order valence-electron chi connectivity index (χ3n) is 2.63. The zero-order valence-corrected chi connectivity index (χ0v) is 11.6. The maximum Gasteiger partial charge on any atom is 0.243 e. The van der Waals surface area contributed by atoms with Gasteiger partial charge in [0, 0.05) is 0 Å². The molecule has 1 aromatic heterocycles. The first-order valence-corrected chi connectivity index (χ1v) is 5.23. The minimum Gasteiger partial charge on any atom is -1.00 e. The lowest BCUT2D eigenvalue weighted by atomic mass is 10.0. The zero-order chi connectivity index (χ0) is 9.68. The molecule has 0 saturated heterocycles. The summed E-state index contributed by atoms with van der Waals surface area (Å²) >= 11 is 0. The Kier molecular flexibility index (Phi) is 7.23. The number of halogens is 1. The van der Waals surface area contributed by atoms with Crippen LogP contribution in [0.4, 0.5) is 0 Å². The molecule has 3 heteroatoms. The number of hydrogen-bond donors (Lipinski definition) is 0. The van der Waals surface area contributed by atoms with Crippen molar-refractivity contribution in [2.45, 2.75) is 39.7 Å². The second-order valence-electron chi connectivity index (χ2n) is 3.97. The van der Waals surface area contributed by atoms with Crippen LogP contribution in [-0.2, 0) is 13.6 Å². The van der Waals surface area contributed by atoms with Crippen LogP contribution in [-0.4, -0.2) is 4.57 Å². The summed E-state index contributed by atoms with van der Waals surface area (Å²) in [5.74, 6) is 0.879. The Morgan fingerprint density at radius 3 is 2.64 bits per heavy atom. The minimum absolute atomic E-state index is 0. The molecule has 2 nitrogen and oxygen atoms in total. The van der Waals surface area contributed by atoms with Gasteiger partial charge >= 0.3 is 0 Å². The van der Waals surface area contributed by atoms with Crippen LogP contribution in [0.25, 0.3) is 0 Å². The molecule has 0 aromatic carbocycles. The highest BCUT2D eigenvalue weighted by molar-refractivity contribution is 4.66. The molecule has 14 heavy (non-hydrogen) atoms. The average molecular weight is 308 g/mol. The minimum atomic E-state index is 0. The Morgan fingerprint density at radius 1 is 1.43 bits per heavy atom. The van der Waals surface area contributed by atoms with E-state index in [-0.39, 0.29) is 24.0 Å². The van der Waals surface area contributed by atoms with E-state index in [0.717, 1.165) is 12.5 Å². The van der Waals surface area contributed by atoms with E-state index in [1.807, 2.05) is 0 Å². The maximum atomic E-state index is 2.33. The fraction of sp³-hybridized carbons (Fsp3) is 0.727. The Labute approximate surface area is 104 Å². The number of aromatic nitrogens is 2. The summed E-state index contributed by atoms with van der Waals surface area (Å²) in [4.78, 5) is 0. The summed E-state index contributed by atoms with van der Waals surface area (Å²) < 4.78 is 4.34. The van der Waals surface area contributed by atoms with Crippen LogP contribution in [0.5, 0.6) is 0 Å². The second kappa shape index (κ2) is 7.26.